The molecule has 2 saturated heterocycles. The van der Waals surface area contributed by atoms with Crippen LogP contribution in [0.5, 0.6) is 0 Å². The monoisotopic (exact) mass is 356 g/mol. The van der Waals surface area contributed by atoms with E-state index in [1.807, 2.05) is 23.1 Å². The van der Waals surface area contributed by atoms with Crippen molar-refractivity contribution in [2.75, 3.05) is 19.7 Å². The number of hydrogen-bond acceptors (Lipinski definition) is 4. The number of aromatic nitrogens is 1. The topological polar surface area (TPSA) is 51.7 Å². The van der Waals surface area contributed by atoms with Crippen molar-refractivity contribution in [1.29, 1.82) is 0 Å². The summed E-state index contributed by atoms with van der Waals surface area (Å²) in [4.78, 5) is 18.8. The number of allylic oxidation sites excluding steroid dienone is 1. The van der Waals surface area contributed by atoms with E-state index in [9.17, 15) is 4.79 Å². The van der Waals surface area contributed by atoms with Gasteiger partial charge in [0, 0.05) is 25.6 Å². The van der Waals surface area contributed by atoms with Gasteiger partial charge in [-0.3, -0.25) is 9.78 Å². The Kier molecular flexibility index (Phi) is 5.36. The molecule has 0 bridgehead atoms. The number of carbonyl (C=O) groups excluding carboxylic acids is 1. The quantitative estimate of drug-likeness (QED) is 0.760. The Hall–Kier alpha value is -1.72. The van der Waals surface area contributed by atoms with Crippen LogP contribution in [0.25, 0.3) is 0 Å². The van der Waals surface area contributed by atoms with Crippen LogP contribution in [-0.2, 0) is 20.9 Å². The SMILES string of the molecule is O=C(CC1=CCCCC1)N1CC2(C[C@H](OCc3ccccn3)CCO2)C1. The fourth-order valence-corrected chi connectivity index (χ4v) is 4.23. The maximum absolute atomic E-state index is 12.5. The Morgan fingerprint density at radius 3 is 3.04 bits per heavy atom. The van der Waals surface area contributed by atoms with Gasteiger partial charge >= 0.3 is 0 Å². The number of rotatable bonds is 5. The molecule has 26 heavy (non-hydrogen) atoms. The maximum Gasteiger partial charge on any atom is 0.226 e. The summed E-state index contributed by atoms with van der Waals surface area (Å²) in [7, 11) is 0. The molecule has 4 rings (SSSR count). The maximum atomic E-state index is 12.5. The van der Waals surface area contributed by atoms with E-state index >= 15 is 0 Å². The Balaban J connectivity index is 1.24. The zero-order chi connectivity index (χ0) is 17.8. The van der Waals surface area contributed by atoms with Crippen molar-refractivity contribution in [2.45, 2.75) is 63.3 Å². The highest BCUT2D eigenvalue weighted by Gasteiger charge is 2.49. The lowest BCUT2D eigenvalue weighted by molar-refractivity contribution is -0.202. The molecule has 0 radical (unpaired) electrons. The van der Waals surface area contributed by atoms with E-state index in [0.717, 1.165) is 31.4 Å². The summed E-state index contributed by atoms with van der Waals surface area (Å²) in [5.41, 5.74) is 2.09. The molecule has 0 aromatic carbocycles. The lowest BCUT2D eigenvalue weighted by Crippen LogP contribution is -2.67. The van der Waals surface area contributed by atoms with Crippen LogP contribution in [0.2, 0.25) is 0 Å². The van der Waals surface area contributed by atoms with Crippen LogP contribution in [0.1, 0.15) is 50.6 Å². The number of ether oxygens (including phenoxy) is 2. The van der Waals surface area contributed by atoms with Gasteiger partial charge in [0.1, 0.15) is 5.60 Å². The zero-order valence-electron chi connectivity index (χ0n) is 15.4. The van der Waals surface area contributed by atoms with Crippen LogP contribution >= 0.6 is 0 Å². The molecular weight excluding hydrogens is 328 g/mol. The molecule has 1 aromatic heterocycles. The fraction of sp³-hybridized carbons (Fsp3) is 0.619. The molecule has 1 aliphatic carbocycles. The van der Waals surface area contributed by atoms with Crippen molar-refractivity contribution in [1.82, 2.24) is 9.88 Å². The molecule has 1 aromatic rings. The zero-order valence-corrected chi connectivity index (χ0v) is 15.4. The Morgan fingerprint density at radius 2 is 2.27 bits per heavy atom. The van der Waals surface area contributed by atoms with Crippen LogP contribution in [0, 0.1) is 0 Å². The first-order chi connectivity index (χ1) is 12.7. The van der Waals surface area contributed by atoms with Gasteiger partial charge in [0.25, 0.3) is 0 Å². The molecule has 0 saturated carbocycles. The van der Waals surface area contributed by atoms with E-state index < -0.39 is 0 Å². The first-order valence-corrected chi connectivity index (χ1v) is 9.84. The number of nitrogens with zero attached hydrogens (tertiary/aromatic N) is 2. The van der Waals surface area contributed by atoms with Gasteiger partial charge in [-0.2, -0.15) is 0 Å². The lowest BCUT2D eigenvalue weighted by Gasteiger charge is -2.53. The van der Waals surface area contributed by atoms with Gasteiger partial charge < -0.3 is 14.4 Å². The van der Waals surface area contributed by atoms with Gasteiger partial charge in [-0.1, -0.05) is 17.7 Å². The Morgan fingerprint density at radius 1 is 1.35 bits per heavy atom. The molecule has 3 aliphatic rings. The molecule has 1 spiro atoms. The predicted molar refractivity (Wildman–Crippen MR) is 98.5 cm³/mol. The highest BCUT2D eigenvalue weighted by molar-refractivity contribution is 5.80. The number of pyridine rings is 1. The summed E-state index contributed by atoms with van der Waals surface area (Å²) in [5, 5.41) is 0. The third-order valence-electron chi connectivity index (χ3n) is 5.71. The van der Waals surface area contributed by atoms with Crippen molar-refractivity contribution in [3.8, 4) is 0 Å². The molecule has 1 atom stereocenters. The van der Waals surface area contributed by atoms with E-state index in [2.05, 4.69) is 11.1 Å². The molecule has 5 nitrogen and oxygen atoms in total. The fourth-order valence-electron chi connectivity index (χ4n) is 4.23. The van der Waals surface area contributed by atoms with Crippen molar-refractivity contribution in [3.05, 3.63) is 41.7 Å². The summed E-state index contributed by atoms with van der Waals surface area (Å²) >= 11 is 0. The van der Waals surface area contributed by atoms with Crippen LogP contribution in [-0.4, -0.2) is 47.2 Å². The van der Waals surface area contributed by atoms with Gasteiger partial charge in [-0.15, -0.1) is 0 Å². The van der Waals surface area contributed by atoms with Crippen molar-refractivity contribution in [2.24, 2.45) is 0 Å². The average Bonchev–Trinajstić information content (AvgIpc) is 2.66. The summed E-state index contributed by atoms with van der Waals surface area (Å²) in [6.45, 7) is 2.67. The standard InChI is InChI=1S/C21H28N2O3/c24-20(12-17-6-2-1-3-7-17)23-15-21(16-23)13-19(9-11-26-21)25-14-18-8-4-5-10-22-18/h4-6,8,10,19H,1-3,7,9,11-16H2/t19-/m1/s1. The molecule has 1 amide bonds. The van der Waals surface area contributed by atoms with E-state index in [1.54, 1.807) is 6.20 Å². The second kappa shape index (κ2) is 7.89. The molecular formula is C21H28N2O3. The Bertz CT molecular complexity index is 652. The molecule has 0 unspecified atom stereocenters. The van der Waals surface area contributed by atoms with Gasteiger partial charge in [0.2, 0.25) is 5.91 Å². The highest BCUT2D eigenvalue weighted by atomic mass is 16.5. The summed E-state index contributed by atoms with van der Waals surface area (Å²) in [5.74, 6) is 0.254. The van der Waals surface area contributed by atoms with Gasteiger partial charge in [0.15, 0.2) is 0 Å². The summed E-state index contributed by atoms with van der Waals surface area (Å²) in [6.07, 6.45) is 11.3. The van der Waals surface area contributed by atoms with E-state index in [1.165, 1.54) is 18.4 Å². The van der Waals surface area contributed by atoms with Gasteiger partial charge in [0.05, 0.1) is 31.5 Å². The normalized spacial score (nSPS) is 24.8. The Labute approximate surface area is 155 Å². The minimum Gasteiger partial charge on any atom is -0.372 e. The number of likely N-dealkylation sites (tertiary alicyclic amines) is 1. The van der Waals surface area contributed by atoms with Crippen molar-refractivity contribution < 1.29 is 14.3 Å². The van der Waals surface area contributed by atoms with Gasteiger partial charge in [-0.25, -0.2) is 0 Å². The van der Waals surface area contributed by atoms with Crippen LogP contribution in [0.4, 0.5) is 0 Å². The predicted octanol–water partition coefficient (Wildman–Crippen LogP) is 3.25. The second-order valence-corrected chi connectivity index (χ2v) is 7.81. The van der Waals surface area contributed by atoms with Crippen molar-refractivity contribution >= 4 is 5.91 Å². The average molecular weight is 356 g/mol. The molecule has 2 aliphatic heterocycles. The minimum atomic E-state index is -0.191. The van der Waals surface area contributed by atoms with E-state index in [4.69, 9.17) is 9.47 Å². The van der Waals surface area contributed by atoms with Crippen LogP contribution < -0.4 is 0 Å². The molecule has 0 N–H and O–H groups in total. The summed E-state index contributed by atoms with van der Waals surface area (Å²) in [6, 6.07) is 5.88. The third-order valence-corrected chi connectivity index (χ3v) is 5.71. The number of hydrogen-bond donors (Lipinski definition) is 0. The molecule has 2 fully saturated rings. The summed E-state index contributed by atoms with van der Waals surface area (Å²) < 4.78 is 12.1. The van der Waals surface area contributed by atoms with E-state index in [0.29, 0.717) is 32.7 Å². The van der Waals surface area contributed by atoms with Crippen LogP contribution in [0.15, 0.2) is 36.0 Å². The number of amides is 1. The minimum absolute atomic E-state index is 0.184. The third kappa shape index (κ3) is 4.15. The molecule has 3 heterocycles. The smallest absolute Gasteiger partial charge is 0.226 e. The highest BCUT2D eigenvalue weighted by Crippen LogP contribution is 2.36. The number of carbonyl (C=O) groups is 1. The van der Waals surface area contributed by atoms with Crippen molar-refractivity contribution in [3.63, 3.8) is 0 Å². The largest absolute Gasteiger partial charge is 0.372 e. The first kappa shape index (κ1) is 17.7. The molecule has 140 valence electrons. The van der Waals surface area contributed by atoms with E-state index in [-0.39, 0.29) is 17.6 Å². The molecule has 5 heteroatoms. The first-order valence-electron chi connectivity index (χ1n) is 9.84. The van der Waals surface area contributed by atoms with Gasteiger partial charge in [-0.05, 0) is 44.2 Å². The lowest BCUT2D eigenvalue weighted by atomic mass is 9.84. The second-order valence-electron chi connectivity index (χ2n) is 7.81. The van der Waals surface area contributed by atoms with Crippen LogP contribution in [0.3, 0.4) is 0 Å².